The predicted octanol–water partition coefficient (Wildman–Crippen LogP) is 2.73. The zero-order valence-corrected chi connectivity index (χ0v) is 12.8. The van der Waals surface area contributed by atoms with E-state index in [0.717, 1.165) is 16.6 Å². The molecule has 106 valence electrons. The lowest BCUT2D eigenvalue weighted by Gasteiger charge is -2.09. The Morgan fingerprint density at radius 1 is 1.24 bits per heavy atom. The third-order valence-electron chi connectivity index (χ3n) is 3.70. The van der Waals surface area contributed by atoms with Crippen LogP contribution in [0.1, 0.15) is 22.4 Å². The number of hydrogen-bond donors (Lipinski definition) is 1. The Kier molecular flexibility index (Phi) is 3.43. The minimum atomic E-state index is 0.321. The zero-order valence-electron chi connectivity index (χ0n) is 12.0. The second-order valence-corrected chi connectivity index (χ2v) is 5.61. The highest BCUT2D eigenvalue weighted by Crippen LogP contribution is 2.20. The highest BCUT2D eigenvalue weighted by molar-refractivity contribution is 7.80. The Labute approximate surface area is 128 Å². The van der Waals surface area contributed by atoms with Gasteiger partial charge in [0.2, 0.25) is 0 Å². The quantitative estimate of drug-likeness (QED) is 0.755. The van der Waals surface area contributed by atoms with Gasteiger partial charge in [-0.2, -0.15) is 0 Å². The third-order valence-corrected chi connectivity index (χ3v) is 3.90. The van der Waals surface area contributed by atoms with Gasteiger partial charge in [-0.25, -0.2) is 4.98 Å². The van der Waals surface area contributed by atoms with E-state index < -0.39 is 0 Å². The number of aryl methyl sites for hydroxylation is 2. The SMILES string of the molecule is Cc1cc2ncn(Cc3cccnc3C(N)=S)c2cc1C. The molecule has 2 aromatic heterocycles. The van der Waals surface area contributed by atoms with Gasteiger partial charge in [0.1, 0.15) is 10.7 Å². The van der Waals surface area contributed by atoms with Gasteiger partial charge in [0.25, 0.3) is 0 Å². The second-order valence-electron chi connectivity index (χ2n) is 5.17. The van der Waals surface area contributed by atoms with E-state index in [1.807, 2.05) is 18.5 Å². The first-order valence-corrected chi connectivity index (χ1v) is 7.13. The summed E-state index contributed by atoms with van der Waals surface area (Å²) >= 11 is 5.07. The maximum absolute atomic E-state index is 5.74. The van der Waals surface area contributed by atoms with Crippen LogP contribution in [0.15, 0.2) is 36.8 Å². The number of hydrogen-bond acceptors (Lipinski definition) is 3. The molecule has 0 radical (unpaired) electrons. The molecule has 0 spiro atoms. The average Bonchev–Trinajstić information content (AvgIpc) is 2.82. The van der Waals surface area contributed by atoms with E-state index in [2.05, 4.69) is 40.5 Å². The third kappa shape index (κ3) is 2.52. The van der Waals surface area contributed by atoms with Crippen molar-refractivity contribution < 1.29 is 0 Å². The monoisotopic (exact) mass is 296 g/mol. The van der Waals surface area contributed by atoms with Crippen LogP contribution in [0.25, 0.3) is 11.0 Å². The zero-order chi connectivity index (χ0) is 15.0. The minimum Gasteiger partial charge on any atom is -0.388 e. The molecule has 0 bridgehead atoms. The van der Waals surface area contributed by atoms with Crippen molar-refractivity contribution in [1.82, 2.24) is 14.5 Å². The summed E-state index contributed by atoms with van der Waals surface area (Å²) in [4.78, 5) is 9.06. The van der Waals surface area contributed by atoms with E-state index in [9.17, 15) is 0 Å². The van der Waals surface area contributed by atoms with Gasteiger partial charge in [-0.1, -0.05) is 18.3 Å². The normalized spacial score (nSPS) is 11.0. The number of thiocarbonyl (C=S) groups is 1. The summed E-state index contributed by atoms with van der Waals surface area (Å²) in [5, 5.41) is 0. The summed E-state index contributed by atoms with van der Waals surface area (Å²) in [7, 11) is 0. The number of aromatic nitrogens is 3. The smallest absolute Gasteiger partial charge is 0.123 e. The van der Waals surface area contributed by atoms with E-state index in [-0.39, 0.29) is 0 Å². The van der Waals surface area contributed by atoms with E-state index in [0.29, 0.717) is 17.2 Å². The van der Waals surface area contributed by atoms with Crippen LogP contribution in [0.4, 0.5) is 0 Å². The molecular formula is C16H16N4S. The Morgan fingerprint density at radius 3 is 2.76 bits per heavy atom. The first-order chi connectivity index (χ1) is 10.1. The Morgan fingerprint density at radius 2 is 2.00 bits per heavy atom. The molecule has 0 amide bonds. The van der Waals surface area contributed by atoms with E-state index in [1.54, 1.807) is 6.20 Å². The van der Waals surface area contributed by atoms with E-state index in [4.69, 9.17) is 18.0 Å². The lowest BCUT2D eigenvalue weighted by Crippen LogP contribution is -2.15. The Bertz CT molecular complexity index is 835. The van der Waals surface area contributed by atoms with Crippen molar-refractivity contribution in [3.8, 4) is 0 Å². The molecule has 4 nitrogen and oxygen atoms in total. The molecular weight excluding hydrogens is 280 g/mol. The number of nitrogens with two attached hydrogens (primary N) is 1. The van der Waals surface area contributed by atoms with Crippen LogP contribution in [0, 0.1) is 13.8 Å². The van der Waals surface area contributed by atoms with Crippen LogP contribution in [0.2, 0.25) is 0 Å². The maximum atomic E-state index is 5.74. The highest BCUT2D eigenvalue weighted by atomic mass is 32.1. The molecule has 0 saturated carbocycles. The van der Waals surface area contributed by atoms with E-state index >= 15 is 0 Å². The average molecular weight is 296 g/mol. The molecule has 0 aliphatic rings. The van der Waals surface area contributed by atoms with Gasteiger partial charge < -0.3 is 10.3 Å². The number of pyridine rings is 1. The Balaban J connectivity index is 2.07. The molecule has 0 saturated heterocycles. The molecule has 3 aromatic rings. The van der Waals surface area contributed by atoms with Crippen molar-refractivity contribution in [2.45, 2.75) is 20.4 Å². The summed E-state index contributed by atoms with van der Waals surface area (Å²) in [6.45, 7) is 4.86. The van der Waals surface area contributed by atoms with Crippen molar-refractivity contribution in [2.24, 2.45) is 5.73 Å². The number of nitrogens with zero attached hydrogens (tertiary/aromatic N) is 3. The van der Waals surface area contributed by atoms with Gasteiger partial charge in [-0.05, 0) is 43.2 Å². The van der Waals surface area contributed by atoms with Crippen molar-refractivity contribution in [2.75, 3.05) is 0 Å². The molecule has 3 rings (SSSR count). The first kappa shape index (κ1) is 13.7. The van der Waals surface area contributed by atoms with Gasteiger partial charge in [0.05, 0.1) is 23.9 Å². The Hall–Kier alpha value is -2.27. The van der Waals surface area contributed by atoms with Crippen LogP contribution >= 0.6 is 12.2 Å². The molecule has 0 fully saturated rings. The van der Waals surface area contributed by atoms with Gasteiger partial charge in [-0.15, -0.1) is 0 Å². The largest absolute Gasteiger partial charge is 0.388 e. The maximum Gasteiger partial charge on any atom is 0.123 e. The van der Waals surface area contributed by atoms with Crippen molar-refractivity contribution in [3.05, 3.63) is 59.2 Å². The van der Waals surface area contributed by atoms with Crippen molar-refractivity contribution >= 4 is 28.2 Å². The standard InChI is InChI=1S/C16H16N4S/c1-10-6-13-14(7-11(10)2)20(9-19-13)8-12-4-3-5-18-15(12)16(17)21/h3-7,9H,8H2,1-2H3,(H2,17,21). The highest BCUT2D eigenvalue weighted by Gasteiger charge is 2.10. The second kappa shape index (κ2) is 5.26. The lowest BCUT2D eigenvalue weighted by molar-refractivity contribution is 0.817. The number of benzene rings is 1. The molecule has 0 aliphatic carbocycles. The molecule has 0 atom stereocenters. The fourth-order valence-electron chi connectivity index (χ4n) is 2.41. The minimum absolute atomic E-state index is 0.321. The lowest BCUT2D eigenvalue weighted by atomic mass is 10.1. The number of fused-ring (bicyclic) bond motifs is 1. The number of rotatable bonds is 3. The van der Waals surface area contributed by atoms with Crippen molar-refractivity contribution in [3.63, 3.8) is 0 Å². The summed E-state index contributed by atoms with van der Waals surface area (Å²) in [6.07, 6.45) is 3.55. The van der Waals surface area contributed by atoms with Crippen molar-refractivity contribution in [1.29, 1.82) is 0 Å². The molecule has 0 unspecified atom stereocenters. The molecule has 21 heavy (non-hydrogen) atoms. The fraction of sp³-hybridized carbons (Fsp3) is 0.188. The summed E-state index contributed by atoms with van der Waals surface area (Å²) in [6, 6.07) is 8.16. The van der Waals surface area contributed by atoms with Crippen LogP contribution in [0.5, 0.6) is 0 Å². The molecule has 2 heterocycles. The van der Waals surface area contributed by atoms with Crippen LogP contribution in [-0.4, -0.2) is 19.5 Å². The fourth-order valence-corrected chi connectivity index (χ4v) is 2.59. The molecule has 1 aromatic carbocycles. The van der Waals surface area contributed by atoms with Gasteiger partial charge in [0, 0.05) is 11.8 Å². The van der Waals surface area contributed by atoms with Crippen LogP contribution < -0.4 is 5.73 Å². The van der Waals surface area contributed by atoms with Crippen LogP contribution in [0.3, 0.4) is 0 Å². The van der Waals surface area contributed by atoms with E-state index in [1.165, 1.54) is 11.1 Å². The summed E-state index contributed by atoms with van der Waals surface area (Å²) in [5.41, 5.74) is 12.0. The summed E-state index contributed by atoms with van der Waals surface area (Å²) in [5.74, 6) is 0. The van der Waals surface area contributed by atoms with Gasteiger partial charge in [0.15, 0.2) is 0 Å². The topological polar surface area (TPSA) is 56.7 Å². The summed E-state index contributed by atoms with van der Waals surface area (Å²) < 4.78 is 2.10. The number of imidazole rings is 1. The van der Waals surface area contributed by atoms with Gasteiger partial charge >= 0.3 is 0 Å². The van der Waals surface area contributed by atoms with Gasteiger partial charge in [-0.3, -0.25) is 4.98 Å². The molecule has 2 N–H and O–H groups in total. The van der Waals surface area contributed by atoms with Crippen LogP contribution in [-0.2, 0) is 6.54 Å². The first-order valence-electron chi connectivity index (χ1n) is 6.72. The molecule has 5 heteroatoms. The predicted molar refractivity (Wildman–Crippen MR) is 88.4 cm³/mol. The molecule has 0 aliphatic heterocycles.